The summed E-state index contributed by atoms with van der Waals surface area (Å²) in [5.74, 6) is -0.789. The molecule has 0 aromatic rings. The van der Waals surface area contributed by atoms with Crippen LogP contribution in [0.15, 0.2) is 11.6 Å². The molecular weight excluding hydrogens is 348 g/mol. The van der Waals surface area contributed by atoms with E-state index in [0.29, 0.717) is 24.9 Å². The van der Waals surface area contributed by atoms with Gasteiger partial charge in [0.25, 0.3) is 0 Å². The highest BCUT2D eigenvalue weighted by Crippen LogP contribution is 2.61. The third-order valence-electron chi connectivity index (χ3n) is 7.44. The number of likely N-dealkylation sites (tertiary alicyclic amines) is 1. The van der Waals surface area contributed by atoms with Gasteiger partial charge in [0.1, 0.15) is 5.92 Å². The van der Waals surface area contributed by atoms with E-state index in [0.717, 1.165) is 31.8 Å². The van der Waals surface area contributed by atoms with Gasteiger partial charge in [-0.2, -0.15) is 15.8 Å². The zero-order chi connectivity index (χ0) is 20.7. The van der Waals surface area contributed by atoms with Crippen LogP contribution in [0.5, 0.6) is 0 Å². The number of nitrogens with one attached hydrogen (secondary N) is 1. The van der Waals surface area contributed by atoms with Crippen molar-refractivity contribution in [2.75, 3.05) is 26.2 Å². The fourth-order valence-electron chi connectivity index (χ4n) is 5.60. The Bertz CT molecular complexity index is 780. The van der Waals surface area contributed by atoms with E-state index in [2.05, 4.69) is 61.8 Å². The molecule has 1 saturated carbocycles. The predicted molar refractivity (Wildman–Crippen MR) is 107 cm³/mol. The number of piperidine rings is 1. The highest BCUT2D eigenvalue weighted by Gasteiger charge is 2.66. The first kappa shape index (κ1) is 20.5. The molecule has 0 amide bonds. The third-order valence-corrected chi connectivity index (χ3v) is 7.44. The van der Waals surface area contributed by atoms with Crippen molar-refractivity contribution >= 4 is 5.71 Å². The average Bonchev–Trinajstić information content (AvgIpc) is 2.69. The fraction of sp³-hybridized carbons (Fsp3) is 0.727. The van der Waals surface area contributed by atoms with Gasteiger partial charge in [0, 0.05) is 36.5 Å². The predicted octanol–water partition coefficient (Wildman–Crippen LogP) is 2.95. The van der Waals surface area contributed by atoms with Gasteiger partial charge < -0.3 is 10.3 Å². The summed E-state index contributed by atoms with van der Waals surface area (Å²) < 4.78 is 0. The summed E-state index contributed by atoms with van der Waals surface area (Å²) in [6, 6.07) is 7.54. The van der Waals surface area contributed by atoms with Gasteiger partial charge in [0.05, 0.1) is 23.9 Å². The largest absolute Gasteiger partial charge is 0.305 e. The number of hydrogen-bond acceptors (Lipinski definition) is 6. The van der Waals surface area contributed by atoms with Gasteiger partial charge in [-0.15, -0.1) is 0 Å². The summed E-state index contributed by atoms with van der Waals surface area (Å²) in [6.45, 7) is 11.8. The minimum Gasteiger partial charge on any atom is -0.305 e. The molecular formula is C22H30N6. The maximum atomic E-state index is 10.2. The van der Waals surface area contributed by atoms with Crippen LogP contribution in [0.25, 0.3) is 0 Å². The van der Waals surface area contributed by atoms with Crippen molar-refractivity contribution in [3.8, 4) is 18.2 Å². The third kappa shape index (κ3) is 2.69. The first-order valence-electron chi connectivity index (χ1n) is 10.3. The Morgan fingerprint density at radius 1 is 1.04 bits per heavy atom. The first-order valence-corrected chi connectivity index (χ1v) is 10.3. The molecule has 6 nitrogen and oxygen atoms in total. The van der Waals surface area contributed by atoms with Crippen molar-refractivity contribution < 1.29 is 0 Å². The lowest BCUT2D eigenvalue weighted by Gasteiger charge is -2.59. The van der Waals surface area contributed by atoms with Gasteiger partial charge in [-0.1, -0.05) is 6.08 Å². The van der Waals surface area contributed by atoms with Crippen LogP contribution in [0, 0.1) is 62.1 Å². The molecule has 0 unspecified atom stereocenters. The zero-order valence-electron chi connectivity index (χ0n) is 17.4. The normalized spacial score (nSPS) is 29.7. The number of fused-ring (bicyclic) bond motifs is 2. The van der Waals surface area contributed by atoms with Crippen molar-refractivity contribution in [1.29, 1.82) is 21.2 Å². The summed E-state index contributed by atoms with van der Waals surface area (Å²) in [6.07, 6.45) is 3.52. The Balaban J connectivity index is 2.16. The van der Waals surface area contributed by atoms with Crippen molar-refractivity contribution in [2.45, 2.75) is 52.6 Å². The Labute approximate surface area is 168 Å². The number of hydrogen-bond donors (Lipinski definition) is 1. The van der Waals surface area contributed by atoms with Crippen LogP contribution in [0.1, 0.15) is 40.5 Å². The lowest BCUT2D eigenvalue weighted by molar-refractivity contribution is -0.0168. The van der Waals surface area contributed by atoms with E-state index in [9.17, 15) is 15.8 Å². The Kier molecular flexibility index (Phi) is 5.37. The smallest absolute Gasteiger partial charge is 0.188 e. The van der Waals surface area contributed by atoms with E-state index in [1.54, 1.807) is 0 Å². The van der Waals surface area contributed by atoms with Crippen molar-refractivity contribution in [3.63, 3.8) is 0 Å². The molecule has 6 heteroatoms. The summed E-state index contributed by atoms with van der Waals surface area (Å²) in [5, 5.41) is 39.0. The summed E-state index contributed by atoms with van der Waals surface area (Å²) in [7, 11) is 0. The molecule has 148 valence electrons. The van der Waals surface area contributed by atoms with Crippen molar-refractivity contribution in [2.24, 2.45) is 22.7 Å². The molecule has 0 aromatic carbocycles. The first-order chi connectivity index (χ1) is 13.3. The molecule has 2 heterocycles. The molecule has 2 aliphatic heterocycles. The second-order valence-corrected chi connectivity index (χ2v) is 9.04. The minimum absolute atomic E-state index is 0.00139. The molecule has 2 atom stereocenters. The lowest BCUT2D eigenvalue weighted by Crippen LogP contribution is -2.64. The van der Waals surface area contributed by atoms with Crippen molar-refractivity contribution in [1.82, 2.24) is 9.80 Å². The van der Waals surface area contributed by atoms with E-state index >= 15 is 0 Å². The molecule has 2 fully saturated rings. The highest BCUT2D eigenvalue weighted by atomic mass is 15.2. The number of nitriles is 3. The maximum Gasteiger partial charge on any atom is 0.188 e. The highest BCUT2D eigenvalue weighted by molar-refractivity contribution is 6.00. The molecule has 0 aromatic heterocycles. The van der Waals surface area contributed by atoms with Gasteiger partial charge >= 0.3 is 0 Å². The van der Waals surface area contributed by atoms with E-state index < -0.39 is 16.7 Å². The summed E-state index contributed by atoms with van der Waals surface area (Å²) >= 11 is 0. The van der Waals surface area contributed by atoms with Crippen LogP contribution in [-0.2, 0) is 0 Å². The van der Waals surface area contributed by atoms with E-state index in [4.69, 9.17) is 5.41 Å². The molecule has 28 heavy (non-hydrogen) atoms. The van der Waals surface area contributed by atoms with E-state index in [-0.39, 0.29) is 11.6 Å². The molecule has 1 N–H and O–H groups in total. The summed E-state index contributed by atoms with van der Waals surface area (Å²) in [5.41, 5.74) is -1.16. The quantitative estimate of drug-likeness (QED) is 0.744. The lowest BCUT2D eigenvalue weighted by atomic mass is 9.44. The van der Waals surface area contributed by atoms with Crippen LogP contribution in [0.3, 0.4) is 0 Å². The fourth-order valence-corrected chi connectivity index (χ4v) is 5.60. The summed E-state index contributed by atoms with van der Waals surface area (Å²) in [4.78, 5) is 4.74. The van der Waals surface area contributed by atoms with Gasteiger partial charge in [0.15, 0.2) is 5.41 Å². The maximum absolute atomic E-state index is 10.2. The molecule has 3 rings (SSSR count). The Morgan fingerprint density at radius 2 is 1.61 bits per heavy atom. The second-order valence-electron chi connectivity index (χ2n) is 9.04. The Morgan fingerprint density at radius 3 is 2.07 bits per heavy atom. The average molecular weight is 379 g/mol. The van der Waals surface area contributed by atoms with Crippen LogP contribution in [0.4, 0.5) is 0 Å². The van der Waals surface area contributed by atoms with E-state index in [1.165, 1.54) is 0 Å². The standard InChI is InChI=1S/C22H30N6/c1-15(2)27-9-6-21(7-10-27)19-12-28(16(3)4)8-5-17(19)18(11-23)20(26)22(21,13-24)14-25/h5,15-16,18-19,26H,6-10,12H2,1-4H3/t18-,19-/m0/s1. The molecule has 3 aliphatic rings. The molecule has 1 aliphatic carbocycles. The topological polar surface area (TPSA) is 102 Å². The minimum atomic E-state index is -1.53. The van der Waals surface area contributed by atoms with Gasteiger partial charge in [-0.3, -0.25) is 4.90 Å². The Hall–Kier alpha value is -2.20. The van der Waals surface area contributed by atoms with Gasteiger partial charge in [-0.05, 0) is 59.2 Å². The van der Waals surface area contributed by atoms with Gasteiger partial charge in [0.2, 0.25) is 0 Å². The van der Waals surface area contributed by atoms with E-state index in [1.807, 2.05) is 0 Å². The van der Waals surface area contributed by atoms with Crippen LogP contribution in [0.2, 0.25) is 0 Å². The second kappa shape index (κ2) is 7.32. The molecule has 0 bridgehead atoms. The van der Waals surface area contributed by atoms with Crippen LogP contribution < -0.4 is 0 Å². The SMILES string of the molecule is CC(C)N1CCC2(CC1)[C@H]1CN(C(C)C)CC=C1[C@H](C#N)C(=N)C2(C#N)C#N. The van der Waals surface area contributed by atoms with Crippen molar-refractivity contribution in [3.05, 3.63) is 11.6 Å². The number of rotatable bonds is 2. The molecule has 0 radical (unpaired) electrons. The molecule has 1 saturated heterocycles. The van der Waals surface area contributed by atoms with Crippen LogP contribution >= 0.6 is 0 Å². The molecule has 1 spiro atoms. The zero-order valence-corrected chi connectivity index (χ0v) is 17.4. The number of nitrogens with zero attached hydrogens (tertiary/aromatic N) is 5. The monoisotopic (exact) mass is 378 g/mol. The van der Waals surface area contributed by atoms with Gasteiger partial charge in [-0.25, -0.2) is 0 Å². The van der Waals surface area contributed by atoms with Crippen LogP contribution in [-0.4, -0.2) is 53.8 Å².